The van der Waals surface area contributed by atoms with Gasteiger partial charge in [0.2, 0.25) is 0 Å². The number of esters is 2. The lowest BCUT2D eigenvalue weighted by atomic mass is 10.0. The molecule has 0 N–H and O–H groups in total. The van der Waals surface area contributed by atoms with Crippen molar-refractivity contribution in [2.24, 2.45) is 0 Å². The minimum atomic E-state index is -4.63. The van der Waals surface area contributed by atoms with Gasteiger partial charge in [0.25, 0.3) is 7.82 Å². The number of phosphoric ester groups is 1. The van der Waals surface area contributed by atoms with Gasteiger partial charge in [-0.25, -0.2) is 0 Å². The predicted molar refractivity (Wildman–Crippen MR) is 342 cm³/mol. The normalized spacial score (nSPS) is 13.0. The summed E-state index contributed by atoms with van der Waals surface area (Å²) >= 11 is 0. The molecule has 0 aliphatic carbocycles. The van der Waals surface area contributed by atoms with E-state index in [1.54, 1.807) is 0 Å². The summed E-state index contributed by atoms with van der Waals surface area (Å²) in [7, 11) is 1.20. The summed E-state index contributed by atoms with van der Waals surface area (Å²) in [4.78, 5) is 38.0. The van der Waals surface area contributed by atoms with E-state index < -0.39 is 26.5 Å². The Balaban J connectivity index is 3.86. The van der Waals surface area contributed by atoms with Gasteiger partial charge in [0.1, 0.15) is 19.8 Å². The number of ether oxygens (including phenoxy) is 2. The lowest BCUT2D eigenvalue weighted by Gasteiger charge is -2.28. The van der Waals surface area contributed by atoms with Crippen LogP contribution in [0.4, 0.5) is 0 Å². The van der Waals surface area contributed by atoms with Gasteiger partial charge in [0.15, 0.2) is 6.10 Å². The lowest BCUT2D eigenvalue weighted by molar-refractivity contribution is -0.870. The number of carbonyl (C=O) groups excluding carboxylic acids is 2. The van der Waals surface area contributed by atoms with Crippen molar-refractivity contribution in [3.8, 4) is 0 Å². The summed E-state index contributed by atoms with van der Waals surface area (Å²) in [5, 5.41) is 0. The summed E-state index contributed by atoms with van der Waals surface area (Å²) < 4.78 is 34.3. The molecule has 0 radical (unpaired) electrons. The summed E-state index contributed by atoms with van der Waals surface area (Å²) in [6, 6.07) is 0. The molecule has 0 bridgehead atoms. The zero-order chi connectivity index (χ0) is 58.4. The molecule has 80 heavy (non-hydrogen) atoms. The van der Waals surface area contributed by atoms with E-state index in [1.807, 2.05) is 21.1 Å². The summed E-state index contributed by atoms with van der Waals surface area (Å²) in [5.74, 6) is -0.805. The third-order valence-electron chi connectivity index (χ3n) is 16.6. The number of quaternary nitrogens is 1. The molecule has 0 saturated carbocycles. The first kappa shape index (κ1) is 79.0. The van der Waals surface area contributed by atoms with Gasteiger partial charge in [-0.15, -0.1) is 0 Å². The van der Waals surface area contributed by atoms with E-state index in [-0.39, 0.29) is 32.0 Å². The molecule has 0 saturated heterocycles. The summed E-state index contributed by atoms with van der Waals surface area (Å²) in [6.07, 6.45) is 75.0. The van der Waals surface area contributed by atoms with Gasteiger partial charge in [-0.05, 0) is 12.8 Å². The van der Waals surface area contributed by atoms with E-state index >= 15 is 0 Å². The molecule has 0 fully saturated rings. The second-order valence-corrected chi connectivity index (χ2v) is 27.4. The zero-order valence-corrected chi connectivity index (χ0v) is 55.5. The van der Waals surface area contributed by atoms with Gasteiger partial charge in [-0.2, -0.15) is 0 Å². The molecule has 0 aliphatic heterocycles. The van der Waals surface area contributed by atoms with Crippen LogP contribution in [0, 0.1) is 0 Å². The van der Waals surface area contributed by atoms with Crippen molar-refractivity contribution in [1.82, 2.24) is 0 Å². The Hall–Kier alpha value is -0.990. The molecule has 0 heterocycles. The molecule has 2 atom stereocenters. The highest BCUT2D eigenvalue weighted by molar-refractivity contribution is 7.45. The second kappa shape index (κ2) is 62.5. The van der Waals surface area contributed by atoms with Crippen LogP contribution in [0.3, 0.4) is 0 Å². The molecule has 478 valence electrons. The van der Waals surface area contributed by atoms with Crippen LogP contribution in [0.1, 0.15) is 386 Å². The van der Waals surface area contributed by atoms with Crippen molar-refractivity contribution in [2.75, 3.05) is 47.5 Å². The molecule has 0 aliphatic rings. The van der Waals surface area contributed by atoms with Crippen LogP contribution in [0.5, 0.6) is 0 Å². The third-order valence-corrected chi connectivity index (χ3v) is 17.6. The highest BCUT2D eigenvalue weighted by Crippen LogP contribution is 2.38. The van der Waals surface area contributed by atoms with E-state index in [1.165, 1.54) is 321 Å². The van der Waals surface area contributed by atoms with Crippen molar-refractivity contribution >= 4 is 19.8 Å². The van der Waals surface area contributed by atoms with Gasteiger partial charge in [0.05, 0.1) is 27.7 Å². The first-order chi connectivity index (χ1) is 39.0. The van der Waals surface area contributed by atoms with E-state index in [0.717, 1.165) is 32.1 Å². The quantitative estimate of drug-likeness (QED) is 0.0256. The average Bonchev–Trinajstić information content (AvgIpc) is 3.42. The Bertz CT molecular complexity index is 1310. The van der Waals surface area contributed by atoms with Crippen LogP contribution in [-0.4, -0.2) is 70.0 Å². The highest BCUT2D eigenvalue weighted by atomic mass is 31.2. The van der Waals surface area contributed by atoms with Gasteiger partial charge in [-0.3, -0.25) is 14.2 Å². The molecule has 9 nitrogen and oxygen atoms in total. The highest BCUT2D eigenvalue weighted by Gasteiger charge is 2.22. The first-order valence-electron chi connectivity index (χ1n) is 35.7. The molecule has 0 rings (SSSR count). The molecule has 2 unspecified atom stereocenters. The Morgan fingerprint density at radius 1 is 0.338 bits per heavy atom. The number of carbonyl (C=O) groups is 2. The van der Waals surface area contributed by atoms with Gasteiger partial charge in [0, 0.05) is 12.8 Å². The Morgan fingerprint density at radius 3 is 0.800 bits per heavy atom. The standard InChI is InChI=1S/C70H140NO8P/c1-6-8-10-12-14-16-18-20-22-24-26-27-28-29-30-31-32-33-34-35-36-37-38-39-40-41-42-43-44-45-47-49-51-53-55-57-59-61-63-70(73)79-68(67-78-80(74,75)77-65-64-71(3,4)5)66-76-69(72)62-60-58-56-54-52-50-48-46-25-23-21-19-17-15-13-11-9-7-2/h68H,6-67H2,1-5H3. The monoisotopic (exact) mass is 1150 g/mol. The maximum atomic E-state index is 12.8. The van der Waals surface area contributed by atoms with Crippen LogP contribution in [0.2, 0.25) is 0 Å². The molecule has 0 aromatic heterocycles. The topological polar surface area (TPSA) is 111 Å². The molecular weight excluding hydrogens is 1010 g/mol. The van der Waals surface area contributed by atoms with Crippen LogP contribution in [0.25, 0.3) is 0 Å². The fourth-order valence-electron chi connectivity index (χ4n) is 11.1. The lowest BCUT2D eigenvalue weighted by Crippen LogP contribution is -2.37. The molecule has 0 aromatic rings. The van der Waals surface area contributed by atoms with E-state index in [4.69, 9.17) is 18.5 Å². The smallest absolute Gasteiger partial charge is 0.306 e. The largest absolute Gasteiger partial charge is 0.756 e. The fourth-order valence-corrected chi connectivity index (χ4v) is 11.9. The van der Waals surface area contributed by atoms with Crippen LogP contribution >= 0.6 is 7.82 Å². The SMILES string of the molecule is CCCCCCCCCCCCCCCCCCCCCCCCCCCCCCCCCCCCCCCCC(=O)OC(COC(=O)CCCCCCCCCCCCCCCCCCCC)COP(=O)([O-])OCC[N+](C)(C)C. The zero-order valence-electron chi connectivity index (χ0n) is 54.6. The number of unbranched alkanes of at least 4 members (excludes halogenated alkanes) is 54. The van der Waals surface area contributed by atoms with E-state index in [9.17, 15) is 19.0 Å². The van der Waals surface area contributed by atoms with Gasteiger partial charge < -0.3 is 27.9 Å². The third kappa shape index (κ3) is 66.2. The van der Waals surface area contributed by atoms with Gasteiger partial charge >= 0.3 is 11.9 Å². The maximum Gasteiger partial charge on any atom is 0.306 e. The maximum absolute atomic E-state index is 12.8. The van der Waals surface area contributed by atoms with Crippen LogP contribution in [-0.2, 0) is 32.7 Å². The van der Waals surface area contributed by atoms with Crippen LogP contribution in [0.15, 0.2) is 0 Å². The average molecular weight is 1150 g/mol. The van der Waals surface area contributed by atoms with Crippen molar-refractivity contribution in [1.29, 1.82) is 0 Å². The first-order valence-corrected chi connectivity index (χ1v) is 37.2. The Labute approximate surface area is 499 Å². The van der Waals surface area contributed by atoms with Crippen LogP contribution < -0.4 is 4.89 Å². The number of rotatable bonds is 68. The number of nitrogens with zero attached hydrogens (tertiary/aromatic N) is 1. The number of hydrogen-bond donors (Lipinski definition) is 0. The van der Waals surface area contributed by atoms with Crippen molar-refractivity contribution in [2.45, 2.75) is 392 Å². The molecular formula is C70H140NO8P. The number of likely N-dealkylation sites (N-methyl/N-ethyl adjacent to an activating group) is 1. The van der Waals surface area contributed by atoms with Crippen molar-refractivity contribution < 1.29 is 42.1 Å². The molecule has 0 amide bonds. The van der Waals surface area contributed by atoms with E-state index in [0.29, 0.717) is 17.4 Å². The molecule has 0 aromatic carbocycles. The molecule has 10 heteroatoms. The molecule has 0 spiro atoms. The predicted octanol–water partition coefficient (Wildman–Crippen LogP) is 22.3. The number of phosphoric acid groups is 1. The van der Waals surface area contributed by atoms with Crippen molar-refractivity contribution in [3.05, 3.63) is 0 Å². The Kier molecular flexibility index (Phi) is 61.8. The number of hydrogen-bond acceptors (Lipinski definition) is 8. The van der Waals surface area contributed by atoms with Gasteiger partial charge in [-0.1, -0.05) is 361 Å². The summed E-state index contributed by atoms with van der Waals surface area (Å²) in [6.45, 7) is 4.33. The van der Waals surface area contributed by atoms with Crippen molar-refractivity contribution in [3.63, 3.8) is 0 Å². The minimum Gasteiger partial charge on any atom is -0.756 e. The second-order valence-electron chi connectivity index (χ2n) is 26.0. The Morgan fingerprint density at radius 2 is 0.562 bits per heavy atom. The minimum absolute atomic E-state index is 0.0249. The summed E-state index contributed by atoms with van der Waals surface area (Å²) in [5.41, 5.74) is 0. The fraction of sp³-hybridized carbons (Fsp3) is 0.971. The van der Waals surface area contributed by atoms with E-state index in [2.05, 4.69) is 13.8 Å².